The van der Waals surface area contributed by atoms with Crippen molar-refractivity contribution in [1.29, 1.82) is 5.26 Å². The second kappa shape index (κ2) is 6.86. The van der Waals surface area contributed by atoms with Gasteiger partial charge in [-0.3, -0.25) is 9.59 Å². The van der Waals surface area contributed by atoms with Crippen molar-refractivity contribution in [2.45, 2.75) is 12.8 Å². The summed E-state index contributed by atoms with van der Waals surface area (Å²) in [5.41, 5.74) is 1.60. The van der Waals surface area contributed by atoms with Gasteiger partial charge in [-0.15, -0.1) is 0 Å². The predicted molar refractivity (Wildman–Crippen MR) is 75.4 cm³/mol. The quantitative estimate of drug-likeness (QED) is 0.824. The normalized spacial score (nSPS) is 14.5. The van der Waals surface area contributed by atoms with E-state index in [1.807, 2.05) is 4.90 Å². The molecule has 1 N–H and O–H groups in total. The third kappa shape index (κ3) is 3.80. The molecule has 1 aliphatic heterocycles. The lowest BCUT2D eigenvalue weighted by Crippen LogP contribution is -2.36. The van der Waals surface area contributed by atoms with Crippen molar-refractivity contribution in [3.63, 3.8) is 0 Å². The number of ether oxygens (including phenoxy) is 1. The maximum Gasteiger partial charge on any atom is 0.303 e. The Labute approximate surface area is 122 Å². The molecular weight excluding hydrogens is 272 g/mol. The number of ketones is 1. The molecule has 1 aromatic carbocycles. The van der Waals surface area contributed by atoms with Gasteiger partial charge in [-0.25, -0.2) is 0 Å². The van der Waals surface area contributed by atoms with Gasteiger partial charge in [-0.1, -0.05) is 0 Å². The van der Waals surface area contributed by atoms with Gasteiger partial charge in [0.2, 0.25) is 0 Å². The number of rotatable bonds is 5. The predicted octanol–water partition coefficient (Wildman–Crippen LogP) is 1.44. The van der Waals surface area contributed by atoms with E-state index in [4.69, 9.17) is 9.84 Å². The Kier molecular flexibility index (Phi) is 4.90. The smallest absolute Gasteiger partial charge is 0.303 e. The number of carboxylic acid groups (broad SMARTS) is 1. The molecule has 1 fully saturated rings. The van der Waals surface area contributed by atoms with Crippen molar-refractivity contribution >= 4 is 17.4 Å². The fourth-order valence-corrected chi connectivity index (χ4v) is 2.24. The molecule has 0 aromatic heterocycles. The molecule has 1 aromatic rings. The van der Waals surface area contributed by atoms with Gasteiger partial charge in [-0.2, -0.15) is 5.26 Å². The average molecular weight is 288 g/mol. The molecule has 1 heterocycles. The number of carbonyl (C=O) groups excluding carboxylic acids is 1. The van der Waals surface area contributed by atoms with E-state index >= 15 is 0 Å². The largest absolute Gasteiger partial charge is 0.481 e. The number of hydrogen-bond acceptors (Lipinski definition) is 5. The summed E-state index contributed by atoms with van der Waals surface area (Å²) in [5.74, 6) is -1.27. The zero-order valence-corrected chi connectivity index (χ0v) is 11.5. The van der Waals surface area contributed by atoms with E-state index in [9.17, 15) is 14.9 Å². The summed E-state index contributed by atoms with van der Waals surface area (Å²) in [6.45, 7) is 2.65. The zero-order chi connectivity index (χ0) is 15.2. The van der Waals surface area contributed by atoms with Gasteiger partial charge < -0.3 is 14.7 Å². The van der Waals surface area contributed by atoms with E-state index < -0.39 is 5.97 Å². The number of anilines is 1. The molecule has 0 saturated carbocycles. The Morgan fingerprint density at radius 3 is 2.62 bits per heavy atom. The van der Waals surface area contributed by atoms with Crippen LogP contribution in [0, 0.1) is 11.3 Å². The van der Waals surface area contributed by atoms with Gasteiger partial charge in [0.1, 0.15) is 6.07 Å². The first-order valence-corrected chi connectivity index (χ1v) is 6.73. The van der Waals surface area contributed by atoms with Crippen molar-refractivity contribution in [1.82, 2.24) is 0 Å². The first-order valence-electron chi connectivity index (χ1n) is 6.73. The van der Waals surface area contributed by atoms with Crippen LogP contribution in [0.2, 0.25) is 0 Å². The first-order chi connectivity index (χ1) is 10.1. The lowest BCUT2D eigenvalue weighted by Gasteiger charge is -2.29. The molecular formula is C15H16N2O4. The molecule has 0 aliphatic carbocycles. The van der Waals surface area contributed by atoms with Gasteiger partial charge in [0, 0.05) is 25.1 Å². The van der Waals surface area contributed by atoms with E-state index in [0.29, 0.717) is 37.4 Å². The maximum absolute atomic E-state index is 11.9. The molecule has 0 bridgehead atoms. The number of morpholine rings is 1. The summed E-state index contributed by atoms with van der Waals surface area (Å²) in [6.07, 6.45) is -0.261. The molecule has 0 unspecified atom stereocenters. The van der Waals surface area contributed by atoms with Crippen molar-refractivity contribution in [2.24, 2.45) is 0 Å². The average Bonchev–Trinajstić information content (AvgIpc) is 2.52. The lowest BCUT2D eigenvalue weighted by atomic mass is 10.0. The molecule has 6 heteroatoms. The number of Topliss-reactive ketones (excluding diaryl/α,β-unsaturated/α-hetero) is 1. The number of nitriles is 1. The summed E-state index contributed by atoms with van der Waals surface area (Å²) < 4.78 is 5.28. The summed E-state index contributed by atoms with van der Waals surface area (Å²) >= 11 is 0. The van der Waals surface area contributed by atoms with Gasteiger partial charge in [0.05, 0.1) is 30.9 Å². The Hall–Kier alpha value is -2.39. The van der Waals surface area contributed by atoms with Crippen LogP contribution >= 0.6 is 0 Å². The SMILES string of the molecule is N#Cc1cc(C(=O)CCC(=O)O)ccc1N1CCOCC1. The Bertz CT molecular complexity index is 586. The monoisotopic (exact) mass is 288 g/mol. The summed E-state index contributed by atoms with van der Waals surface area (Å²) in [6, 6.07) is 7.04. The van der Waals surface area contributed by atoms with Crippen LogP contribution in [0.15, 0.2) is 18.2 Å². The Morgan fingerprint density at radius 1 is 1.29 bits per heavy atom. The third-order valence-corrected chi connectivity index (χ3v) is 3.36. The molecule has 1 saturated heterocycles. The van der Waals surface area contributed by atoms with E-state index in [-0.39, 0.29) is 18.6 Å². The van der Waals surface area contributed by atoms with Crippen LogP contribution < -0.4 is 4.90 Å². The highest BCUT2D eigenvalue weighted by Gasteiger charge is 2.17. The third-order valence-electron chi connectivity index (χ3n) is 3.36. The minimum Gasteiger partial charge on any atom is -0.481 e. The number of carboxylic acids is 1. The van der Waals surface area contributed by atoms with E-state index in [1.54, 1.807) is 12.1 Å². The number of nitrogens with zero attached hydrogens (tertiary/aromatic N) is 2. The number of carbonyl (C=O) groups is 2. The highest BCUT2D eigenvalue weighted by Crippen LogP contribution is 2.23. The van der Waals surface area contributed by atoms with Crippen LogP contribution in [0.5, 0.6) is 0 Å². The highest BCUT2D eigenvalue weighted by atomic mass is 16.5. The molecule has 2 rings (SSSR count). The van der Waals surface area contributed by atoms with E-state index in [2.05, 4.69) is 6.07 Å². The molecule has 1 aliphatic rings. The molecule has 21 heavy (non-hydrogen) atoms. The first kappa shape index (κ1) is 15.0. The molecule has 0 atom stereocenters. The second-order valence-corrected chi connectivity index (χ2v) is 4.76. The summed E-state index contributed by atoms with van der Waals surface area (Å²) in [5, 5.41) is 17.9. The van der Waals surface area contributed by atoms with Crippen LogP contribution in [-0.4, -0.2) is 43.2 Å². The van der Waals surface area contributed by atoms with Gasteiger partial charge in [0.15, 0.2) is 5.78 Å². The van der Waals surface area contributed by atoms with Crippen LogP contribution in [0.25, 0.3) is 0 Å². The molecule has 6 nitrogen and oxygen atoms in total. The topological polar surface area (TPSA) is 90.6 Å². The Balaban J connectivity index is 2.17. The van der Waals surface area contributed by atoms with Crippen molar-refractivity contribution in [3.05, 3.63) is 29.3 Å². The summed E-state index contributed by atoms with van der Waals surface area (Å²) in [7, 11) is 0. The van der Waals surface area contributed by atoms with Crippen LogP contribution in [0.3, 0.4) is 0 Å². The maximum atomic E-state index is 11.9. The van der Waals surface area contributed by atoms with Gasteiger partial charge in [-0.05, 0) is 18.2 Å². The minimum atomic E-state index is -1.01. The van der Waals surface area contributed by atoms with Crippen molar-refractivity contribution in [3.8, 4) is 6.07 Å². The summed E-state index contributed by atoms with van der Waals surface area (Å²) in [4.78, 5) is 24.4. The zero-order valence-electron chi connectivity index (χ0n) is 11.5. The lowest BCUT2D eigenvalue weighted by molar-refractivity contribution is -0.136. The second-order valence-electron chi connectivity index (χ2n) is 4.76. The van der Waals surface area contributed by atoms with Crippen molar-refractivity contribution in [2.75, 3.05) is 31.2 Å². The highest BCUT2D eigenvalue weighted by molar-refractivity contribution is 5.98. The van der Waals surface area contributed by atoms with E-state index in [0.717, 1.165) is 5.69 Å². The number of aliphatic carboxylic acids is 1. The molecule has 0 spiro atoms. The minimum absolute atomic E-state index is 0.0584. The van der Waals surface area contributed by atoms with Crippen LogP contribution in [0.1, 0.15) is 28.8 Å². The molecule has 0 amide bonds. The molecule has 110 valence electrons. The molecule has 0 radical (unpaired) electrons. The van der Waals surface area contributed by atoms with E-state index in [1.165, 1.54) is 6.07 Å². The fourth-order valence-electron chi connectivity index (χ4n) is 2.24. The van der Waals surface area contributed by atoms with Crippen molar-refractivity contribution < 1.29 is 19.4 Å². The van der Waals surface area contributed by atoms with Gasteiger partial charge in [0.25, 0.3) is 0 Å². The Morgan fingerprint density at radius 2 is 2.00 bits per heavy atom. The van der Waals surface area contributed by atoms with Crippen LogP contribution in [-0.2, 0) is 9.53 Å². The number of hydrogen-bond donors (Lipinski definition) is 1. The standard InChI is InChI=1S/C15H16N2O4/c16-10-12-9-11(14(18)3-4-15(19)20)1-2-13(12)17-5-7-21-8-6-17/h1-2,9H,3-8H2,(H,19,20). The fraction of sp³-hybridized carbons (Fsp3) is 0.400. The van der Waals surface area contributed by atoms with Gasteiger partial charge >= 0.3 is 5.97 Å². The number of benzene rings is 1. The van der Waals surface area contributed by atoms with Crippen LogP contribution in [0.4, 0.5) is 5.69 Å².